The number of benzene rings is 1. The molecule has 1 fully saturated rings. The fraction of sp³-hybridized carbons (Fsp3) is 0.471. The van der Waals surface area contributed by atoms with Crippen LogP contribution in [0.4, 0.5) is 0 Å². The van der Waals surface area contributed by atoms with E-state index >= 15 is 0 Å². The van der Waals surface area contributed by atoms with Crippen LogP contribution in [-0.4, -0.2) is 58.7 Å². The van der Waals surface area contributed by atoms with Crippen LogP contribution < -0.4 is 0 Å². The summed E-state index contributed by atoms with van der Waals surface area (Å²) in [4.78, 5) is 30.0. The largest absolute Gasteiger partial charge is 0.480 e. The summed E-state index contributed by atoms with van der Waals surface area (Å²) in [6.07, 6.45) is 3.08. The van der Waals surface area contributed by atoms with Crippen molar-refractivity contribution in [1.82, 2.24) is 14.5 Å². The number of carbonyl (C=O) groups is 2. The highest BCUT2D eigenvalue weighted by molar-refractivity contribution is 7.89. The van der Waals surface area contributed by atoms with Crippen LogP contribution in [0.1, 0.15) is 25.1 Å². The van der Waals surface area contributed by atoms with Gasteiger partial charge in [0, 0.05) is 12.8 Å². The highest BCUT2D eigenvalue weighted by Crippen LogP contribution is 2.21. The van der Waals surface area contributed by atoms with Gasteiger partial charge in [-0.15, -0.1) is 0 Å². The van der Waals surface area contributed by atoms with Gasteiger partial charge in [-0.3, -0.25) is 4.79 Å². The first-order valence-corrected chi connectivity index (χ1v) is 10.5. The number of hydrogen-bond donors (Lipinski definition) is 1. The number of likely N-dealkylation sites (tertiary alicyclic amines) is 1. The van der Waals surface area contributed by atoms with Crippen molar-refractivity contribution >= 4 is 32.7 Å². The molecule has 1 aliphatic rings. The lowest BCUT2D eigenvalue weighted by atomic mass is 10.0. The highest BCUT2D eigenvalue weighted by Gasteiger charge is 2.32. The Labute approximate surface area is 151 Å². The van der Waals surface area contributed by atoms with Gasteiger partial charge in [-0.1, -0.05) is 12.1 Å². The van der Waals surface area contributed by atoms with Crippen LogP contribution in [0.25, 0.3) is 11.0 Å². The molecule has 1 unspecified atom stereocenters. The summed E-state index contributed by atoms with van der Waals surface area (Å²) in [5.41, 5.74) is 1.26. The van der Waals surface area contributed by atoms with Crippen molar-refractivity contribution in [2.24, 2.45) is 0 Å². The summed E-state index contributed by atoms with van der Waals surface area (Å²) in [7, 11) is -3.33. The second kappa shape index (κ2) is 7.06. The summed E-state index contributed by atoms with van der Waals surface area (Å²) in [5.74, 6) is -1.34. The molecule has 0 spiro atoms. The van der Waals surface area contributed by atoms with E-state index in [1.807, 2.05) is 0 Å². The number of sulfone groups is 1. The van der Waals surface area contributed by atoms with E-state index in [1.54, 1.807) is 28.8 Å². The van der Waals surface area contributed by atoms with Crippen molar-refractivity contribution < 1.29 is 23.1 Å². The minimum absolute atomic E-state index is 0.130. The molecule has 1 saturated heterocycles. The Morgan fingerprint density at radius 2 is 2.00 bits per heavy atom. The molecule has 1 aromatic heterocycles. The number of aliphatic carboxylic acids is 1. The summed E-state index contributed by atoms with van der Waals surface area (Å²) >= 11 is 0. The summed E-state index contributed by atoms with van der Waals surface area (Å²) < 4.78 is 25.0. The third kappa shape index (κ3) is 3.87. The van der Waals surface area contributed by atoms with Crippen LogP contribution in [-0.2, 0) is 31.7 Å². The van der Waals surface area contributed by atoms with Crippen LogP contribution in [0.2, 0.25) is 0 Å². The zero-order valence-corrected chi connectivity index (χ0v) is 15.3. The average molecular weight is 379 g/mol. The molecule has 2 heterocycles. The minimum atomic E-state index is -3.33. The average Bonchev–Trinajstić information content (AvgIpc) is 2.90. The Kier molecular flexibility index (Phi) is 4.99. The predicted octanol–water partition coefficient (Wildman–Crippen LogP) is 1.05. The minimum Gasteiger partial charge on any atom is -0.480 e. The number of carboxylic acid groups (broad SMARTS) is 1. The molecule has 0 aliphatic carbocycles. The van der Waals surface area contributed by atoms with Gasteiger partial charge >= 0.3 is 5.97 Å². The van der Waals surface area contributed by atoms with Crippen molar-refractivity contribution in [3.63, 3.8) is 0 Å². The number of piperidine rings is 1. The molecule has 140 valence electrons. The zero-order chi connectivity index (χ0) is 18.9. The number of imidazole rings is 1. The first-order chi connectivity index (χ1) is 12.3. The topological polar surface area (TPSA) is 110 Å². The van der Waals surface area contributed by atoms with Crippen LogP contribution in [0.5, 0.6) is 0 Å². The van der Waals surface area contributed by atoms with Gasteiger partial charge in [0.2, 0.25) is 5.91 Å². The first kappa shape index (κ1) is 18.4. The van der Waals surface area contributed by atoms with Crippen LogP contribution >= 0.6 is 0 Å². The number of carbonyl (C=O) groups excluding carboxylic acids is 1. The number of amides is 1. The normalized spacial score (nSPS) is 18.2. The molecule has 3 rings (SSSR count). The van der Waals surface area contributed by atoms with E-state index in [2.05, 4.69) is 4.98 Å². The second-order valence-electron chi connectivity index (χ2n) is 6.61. The van der Waals surface area contributed by atoms with Crippen LogP contribution in [0.15, 0.2) is 24.3 Å². The molecular weight excluding hydrogens is 358 g/mol. The quantitative estimate of drug-likeness (QED) is 0.831. The molecule has 8 nitrogen and oxygen atoms in total. The molecule has 1 atom stereocenters. The van der Waals surface area contributed by atoms with Gasteiger partial charge < -0.3 is 14.6 Å². The Balaban J connectivity index is 1.95. The summed E-state index contributed by atoms with van der Waals surface area (Å²) in [6.45, 7) is 0.263. The molecule has 9 heteroatoms. The number of carboxylic acids is 1. The monoisotopic (exact) mass is 379 g/mol. The molecule has 0 saturated carbocycles. The van der Waals surface area contributed by atoms with Gasteiger partial charge in [0.05, 0.1) is 11.0 Å². The van der Waals surface area contributed by atoms with Crippen molar-refractivity contribution in [2.45, 2.75) is 37.6 Å². The number of nitrogens with zero attached hydrogens (tertiary/aromatic N) is 3. The lowest BCUT2D eigenvalue weighted by Crippen LogP contribution is -2.49. The van der Waals surface area contributed by atoms with Gasteiger partial charge in [0.1, 0.15) is 24.2 Å². The first-order valence-electron chi connectivity index (χ1n) is 8.40. The Bertz CT molecular complexity index is 950. The van der Waals surface area contributed by atoms with Gasteiger partial charge in [-0.25, -0.2) is 18.2 Å². The van der Waals surface area contributed by atoms with Gasteiger partial charge in [0.25, 0.3) is 0 Å². The molecular formula is C17H21N3O5S. The maximum Gasteiger partial charge on any atom is 0.326 e. The number of hydrogen-bond acceptors (Lipinski definition) is 5. The van der Waals surface area contributed by atoms with Crippen LogP contribution in [0, 0.1) is 0 Å². The third-order valence-electron chi connectivity index (χ3n) is 4.53. The molecule has 1 N–H and O–H groups in total. The zero-order valence-electron chi connectivity index (χ0n) is 14.5. The molecule has 1 aliphatic heterocycles. The van der Waals surface area contributed by atoms with Crippen molar-refractivity contribution in [2.75, 3.05) is 12.8 Å². The fourth-order valence-corrected chi connectivity index (χ4v) is 4.05. The van der Waals surface area contributed by atoms with Gasteiger partial charge in [-0.2, -0.15) is 0 Å². The number of rotatable bonds is 5. The molecule has 0 bridgehead atoms. The number of para-hydroxylation sites is 2. The van der Waals surface area contributed by atoms with E-state index in [9.17, 15) is 23.1 Å². The van der Waals surface area contributed by atoms with E-state index < -0.39 is 21.8 Å². The number of aromatic nitrogens is 2. The number of fused-ring (bicyclic) bond motifs is 1. The Morgan fingerprint density at radius 3 is 2.69 bits per heavy atom. The summed E-state index contributed by atoms with van der Waals surface area (Å²) in [6, 6.07) is 6.27. The van der Waals surface area contributed by atoms with E-state index in [1.165, 1.54) is 4.90 Å². The van der Waals surface area contributed by atoms with Crippen LogP contribution in [0.3, 0.4) is 0 Å². The molecule has 26 heavy (non-hydrogen) atoms. The van der Waals surface area contributed by atoms with E-state index in [4.69, 9.17) is 0 Å². The fourth-order valence-electron chi connectivity index (χ4n) is 3.36. The van der Waals surface area contributed by atoms with E-state index in [0.717, 1.165) is 19.1 Å². The van der Waals surface area contributed by atoms with E-state index in [-0.39, 0.29) is 24.0 Å². The molecule has 1 aromatic carbocycles. The maximum absolute atomic E-state index is 12.8. The Hall–Kier alpha value is -2.42. The van der Waals surface area contributed by atoms with Crippen molar-refractivity contribution in [3.05, 3.63) is 30.1 Å². The predicted molar refractivity (Wildman–Crippen MR) is 95.3 cm³/mol. The van der Waals surface area contributed by atoms with E-state index in [0.29, 0.717) is 24.0 Å². The molecule has 0 radical (unpaired) electrons. The summed E-state index contributed by atoms with van der Waals surface area (Å²) in [5, 5.41) is 9.37. The SMILES string of the molecule is CS(=O)(=O)Cc1nc2ccccc2n1CC(=O)N1CCCCC1C(=O)O. The smallest absolute Gasteiger partial charge is 0.326 e. The van der Waals surface area contributed by atoms with Gasteiger partial charge in [0.15, 0.2) is 9.84 Å². The lowest BCUT2D eigenvalue weighted by Gasteiger charge is -2.33. The second-order valence-corrected chi connectivity index (χ2v) is 8.75. The Morgan fingerprint density at radius 1 is 1.27 bits per heavy atom. The molecule has 2 aromatic rings. The lowest BCUT2D eigenvalue weighted by molar-refractivity contribution is -0.152. The van der Waals surface area contributed by atoms with Crippen molar-refractivity contribution in [1.29, 1.82) is 0 Å². The van der Waals surface area contributed by atoms with Gasteiger partial charge in [-0.05, 0) is 31.4 Å². The maximum atomic E-state index is 12.8. The third-order valence-corrected chi connectivity index (χ3v) is 5.31. The molecule has 1 amide bonds. The highest BCUT2D eigenvalue weighted by atomic mass is 32.2. The standard InChI is InChI=1S/C17H21N3O5S/c1-26(24,25)11-15-18-12-6-2-3-7-13(12)20(15)10-16(21)19-9-5-4-8-14(19)17(22)23/h2-3,6-7,14H,4-5,8-11H2,1H3,(H,22,23). The van der Waals surface area contributed by atoms with Crippen molar-refractivity contribution in [3.8, 4) is 0 Å².